The van der Waals surface area contributed by atoms with E-state index in [-0.39, 0.29) is 5.69 Å². The number of halogens is 1. The van der Waals surface area contributed by atoms with Crippen molar-refractivity contribution >= 4 is 27.7 Å². The molecule has 1 aliphatic rings. The summed E-state index contributed by atoms with van der Waals surface area (Å²) in [5.74, 6) is 0.775. The van der Waals surface area contributed by atoms with Crippen LogP contribution in [0.4, 0.5) is 0 Å². The fourth-order valence-corrected chi connectivity index (χ4v) is 5.38. The maximum atomic E-state index is 12.8. The minimum atomic E-state index is -3.38. The molecular formula is C20H26ClN3O3S. The van der Waals surface area contributed by atoms with E-state index in [4.69, 9.17) is 11.6 Å². The third kappa shape index (κ3) is 4.47. The van der Waals surface area contributed by atoms with Crippen molar-refractivity contribution in [1.29, 1.82) is 0 Å². The third-order valence-corrected chi connectivity index (χ3v) is 7.59. The minimum Gasteiger partial charge on any atom is -0.314 e. The van der Waals surface area contributed by atoms with Crippen LogP contribution in [0.1, 0.15) is 60.9 Å². The third-order valence-electron chi connectivity index (χ3n) is 5.11. The van der Waals surface area contributed by atoms with Crippen molar-refractivity contribution in [3.05, 3.63) is 46.5 Å². The number of nitrogens with one attached hydrogen (secondary N) is 1. The number of nitrogens with zero attached hydrogens (tertiary/aromatic N) is 2. The number of aryl methyl sites for hydroxylation is 1. The Labute approximate surface area is 171 Å². The predicted octanol–water partition coefficient (Wildman–Crippen LogP) is 3.61. The molecule has 2 heterocycles. The zero-order valence-corrected chi connectivity index (χ0v) is 17.6. The summed E-state index contributed by atoms with van der Waals surface area (Å²) in [6.45, 7) is 3.28. The first-order chi connectivity index (χ1) is 13.5. The Morgan fingerprint density at radius 2 is 2.04 bits per heavy atom. The molecule has 6 nitrogen and oxygen atoms in total. The molecule has 152 valence electrons. The average molecular weight is 424 g/mol. The summed E-state index contributed by atoms with van der Waals surface area (Å²) < 4.78 is 27.4. The molecule has 0 spiro atoms. The number of aromatic nitrogens is 2. The minimum absolute atomic E-state index is 0.246. The fraction of sp³-hybridized carbons (Fsp3) is 0.500. The highest BCUT2D eigenvalue weighted by Gasteiger charge is 2.28. The van der Waals surface area contributed by atoms with E-state index in [1.807, 2.05) is 4.57 Å². The van der Waals surface area contributed by atoms with Gasteiger partial charge in [-0.15, -0.1) is 0 Å². The number of unbranched alkanes of at least 4 members (excludes halogenated alkanes) is 1. The standard InChI is InChI=1S/C20H26ClN3O3S/c1-2-3-6-18-23-17(14-25)20(21)24(18)13-15-8-10-16(11-9-15)28(26,27)19-7-4-5-12-22-19/h8-11,14,19,22H,2-7,12-13H2,1H3. The molecule has 0 amide bonds. The molecule has 1 aromatic carbocycles. The Morgan fingerprint density at radius 1 is 1.29 bits per heavy atom. The highest BCUT2D eigenvalue weighted by Crippen LogP contribution is 2.23. The molecule has 0 bridgehead atoms. The SMILES string of the molecule is CCCCc1nc(C=O)c(Cl)n1Cc1ccc(S(=O)(=O)C2CCCCN2)cc1. The number of imidazole rings is 1. The molecular weight excluding hydrogens is 398 g/mol. The van der Waals surface area contributed by atoms with E-state index in [2.05, 4.69) is 17.2 Å². The largest absolute Gasteiger partial charge is 0.314 e. The van der Waals surface area contributed by atoms with Gasteiger partial charge in [0.15, 0.2) is 16.1 Å². The first kappa shape index (κ1) is 21.0. The van der Waals surface area contributed by atoms with Crippen molar-refractivity contribution in [3.63, 3.8) is 0 Å². The van der Waals surface area contributed by atoms with Crippen LogP contribution in [0.5, 0.6) is 0 Å². The molecule has 1 N–H and O–H groups in total. The van der Waals surface area contributed by atoms with Crippen LogP contribution in [0.3, 0.4) is 0 Å². The van der Waals surface area contributed by atoms with E-state index in [9.17, 15) is 13.2 Å². The molecule has 0 aliphatic carbocycles. The van der Waals surface area contributed by atoms with Crippen LogP contribution in [-0.4, -0.2) is 36.2 Å². The van der Waals surface area contributed by atoms with Crippen LogP contribution >= 0.6 is 11.6 Å². The van der Waals surface area contributed by atoms with Crippen molar-refractivity contribution in [1.82, 2.24) is 14.9 Å². The van der Waals surface area contributed by atoms with Gasteiger partial charge in [-0.1, -0.05) is 37.1 Å². The van der Waals surface area contributed by atoms with E-state index in [1.165, 1.54) is 0 Å². The Balaban J connectivity index is 1.81. The lowest BCUT2D eigenvalue weighted by molar-refractivity contribution is 0.111. The molecule has 1 aromatic heterocycles. The molecule has 1 aliphatic heterocycles. The van der Waals surface area contributed by atoms with Crippen molar-refractivity contribution in [2.75, 3.05) is 6.54 Å². The number of rotatable bonds is 8. The van der Waals surface area contributed by atoms with Gasteiger partial charge in [0, 0.05) is 6.42 Å². The summed E-state index contributed by atoms with van der Waals surface area (Å²) in [7, 11) is -3.38. The van der Waals surface area contributed by atoms with Crippen LogP contribution in [0.15, 0.2) is 29.2 Å². The van der Waals surface area contributed by atoms with E-state index >= 15 is 0 Å². The maximum Gasteiger partial charge on any atom is 0.194 e. The van der Waals surface area contributed by atoms with E-state index < -0.39 is 15.2 Å². The normalized spacial score (nSPS) is 17.6. The summed E-state index contributed by atoms with van der Waals surface area (Å²) >= 11 is 6.33. The number of carbonyl (C=O) groups excluding carboxylic acids is 1. The van der Waals surface area contributed by atoms with Gasteiger partial charge in [0.25, 0.3) is 0 Å². The van der Waals surface area contributed by atoms with Gasteiger partial charge in [0.2, 0.25) is 0 Å². The van der Waals surface area contributed by atoms with Crippen LogP contribution in [-0.2, 0) is 22.8 Å². The smallest absolute Gasteiger partial charge is 0.194 e. The Bertz CT molecular complexity index is 917. The average Bonchev–Trinajstić information content (AvgIpc) is 3.02. The molecule has 28 heavy (non-hydrogen) atoms. The van der Waals surface area contributed by atoms with Gasteiger partial charge in [-0.05, 0) is 49.9 Å². The number of benzene rings is 1. The summed E-state index contributed by atoms with van der Waals surface area (Å²) in [5, 5.41) is 2.92. The summed E-state index contributed by atoms with van der Waals surface area (Å²) in [5.41, 5.74) is 1.15. The molecule has 1 saturated heterocycles. The maximum absolute atomic E-state index is 12.8. The van der Waals surface area contributed by atoms with Crippen LogP contribution in [0.2, 0.25) is 5.15 Å². The van der Waals surface area contributed by atoms with Crippen LogP contribution in [0.25, 0.3) is 0 Å². The van der Waals surface area contributed by atoms with Gasteiger partial charge in [-0.2, -0.15) is 0 Å². The van der Waals surface area contributed by atoms with Crippen LogP contribution < -0.4 is 5.32 Å². The first-order valence-corrected chi connectivity index (χ1v) is 11.7. The van der Waals surface area contributed by atoms with Gasteiger partial charge in [0.05, 0.1) is 11.4 Å². The number of sulfone groups is 1. The zero-order chi connectivity index (χ0) is 20.1. The number of carbonyl (C=O) groups is 1. The Kier molecular flexibility index (Phi) is 6.91. The van der Waals surface area contributed by atoms with Crippen molar-refractivity contribution in [3.8, 4) is 0 Å². The van der Waals surface area contributed by atoms with Gasteiger partial charge in [-0.25, -0.2) is 13.4 Å². The van der Waals surface area contributed by atoms with Gasteiger partial charge in [-0.3, -0.25) is 4.79 Å². The predicted molar refractivity (Wildman–Crippen MR) is 110 cm³/mol. The Hall–Kier alpha value is -1.70. The number of piperidine rings is 1. The fourth-order valence-electron chi connectivity index (χ4n) is 3.47. The summed E-state index contributed by atoms with van der Waals surface area (Å²) in [6, 6.07) is 6.91. The number of aldehydes is 1. The molecule has 1 atom stereocenters. The zero-order valence-electron chi connectivity index (χ0n) is 16.0. The molecule has 8 heteroatoms. The van der Waals surface area contributed by atoms with Gasteiger partial charge < -0.3 is 9.88 Å². The topological polar surface area (TPSA) is 81.1 Å². The molecule has 0 radical (unpaired) electrons. The molecule has 1 fully saturated rings. The van der Waals surface area contributed by atoms with E-state index in [0.29, 0.717) is 29.3 Å². The quantitative estimate of drug-likeness (QED) is 0.656. The monoisotopic (exact) mass is 423 g/mol. The van der Waals surface area contributed by atoms with Gasteiger partial charge >= 0.3 is 0 Å². The second-order valence-corrected chi connectivity index (χ2v) is 9.63. The Morgan fingerprint density at radius 3 is 2.64 bits per heavy atom. The number of hydrogen-bond donors (Lipinski definition) is 1. The molecule has 1 unspecified atom stereocenters. The molecule has 0 saturated carbocycles. The van der Waals surface area contributed by atoms with Crippen molar-refractivity contribution < 1.29 is 13.2 Å². The lowest BCUT2D eigenvalue weighted by Gasteiger charge is -2.23. The lowest BCUT2D eigenvalue weighted by atomic mass is 10.2. The second kappa shape index (κ2) is 9.20. The molecule has 3 rings (SSSR count). The van der Waals surface area contributed by atoms with E-state index in [0.717, 1.165) is 50.0 Å². The summed E-state index contributed by atoms with van der Waals surface area (Å²) in [4.78, 5) is 15.9. The highest BCUT2D eigenvalue weighted by atomic mass is 35.5. The lowest BCUT2D eigenvalue weighted by Crippen LogP contribution is -2.40. The summed E-state index contributed by atoms with van der Waals surface area (Å²) in [6.07, 6.45) is 5.96. The number of hydrogen-bond acceptors (Lipinski definition) is 5. The van der Waals surface area contributed by atoms with Crippen LogP contribution in [0, 0.1) is 0 Å². The van der Waals surface area contributed by atoms with E-state index in [1.54, 1.807) is 24.3 Å². The highest BCUT2D eigenvalue weighted by molar-refractivity contribution is 7.92. The van der Waals surface area contributed by atoms with Crippen molar-refractivity contribution in [2.24, 2.45) is 0 Å². The second-order valence-electron chi connectivity index (χ2n) is 7.14. The first-order valence-electron chi connectivity index (χ1n) is 9.73. The molecule has 2 aromatic rings. The van der Waals surface area contributed by atoms with Crippen molar-refractivity contribution in [2.45, 2.75) is 62.3 Å². The van der Waals surface area contributed by atoms with Gasteiger partial charge in [0.1, 0.15) is 22.0 Å².